The first-order chi connectivity index (χ1) is 16.6. The zero-order chi connectivity index (χ0) is 23.5. The van der Waals surface area contributed by atoms with Crippen LogP contribution in [0.4, 0.5) is 4.79 Å². The van der Waals surface area contributed by atoms with E-state index in [1.54, 1.807) is 4.90 Å². The monoisotopic (exact) mass is 453 g/mol. The number of likely N-dealkylation sites (N-methyl/N-ethyl adjacent to an activating group) is 1. The highest BCUT2D eigenvalue weighted by atomic mass is 16.2. The summed E-state index contributed by atoms with van der Waals surface area (Å²) < 4.78 is 0. The number of imide groups is 1. The van der Waals surface area contributed by atoms with Crippen LogP contribution in [0.3, 0.4) is 0 Å². The second-order valence-electron chi connectivity index (χ2n) is 9.20. The van der Waals surface area contributed by atoms with Crippen molar-refractivity contribution in [3.05, 3.63) is 90.0 Å². The van der Waals surface area contributed by atoms with Crippen molar-refractivity contribution in [3.63, 3.8) is 0 Å². The molecule has 2 fully saturated rings. The predicted molar refractivity (Wildman–Crippen MR) is 136 cm³/mol. The zero-order valence-corrected chi connectivity index (χ0v) is 19.7. The Balaban J connectivity index is 1.28. The standard InChI is InChI=1S/C29H31N3O2/c1-2-32-28(34)31(19-9-12-23-10-4-3-5-11-23)27(33)29(32)17-20-30(21-18-29)22-25-15-8-14-24-13-6-7-16-26(24)25/h3-16H,2,17-22H2,1H3/b12-9+. The lowest BCUT2D eigenvalue weighted by Gasteiger charge is -2.42. The number of urea groups is 1. The molecule has 2 heterocycles. The van der Waals surface area contributed by atoms with Gasteiger partial charge in [0, 0.05) is 32.7 Å². The minimum Gasteiger partial charge on any atom is -0.310 e. The lowest BCUT2D eigenvalue weighted by atomic mass is 9.85. The van der Waals surface area contributed by atoms with Crippen molar-refractivity contribution in [1.82, 2.24) is 14.7 Å². The zero-order valence-electron chi connectivity index (χ0n) is 19.7. The average molecular weight is 454 g/mol. The molecule has 5 heteroatoms. The van der Waals surface area contributed by atoms with E-state index < -0.39 is 5.54 Å². The van der Waals surface area contributed by atoms with Crippen LogP contribution in [-0.2, 0) is 11.3 Å². The summed E-state index contributed by atoms with van der Waals surface area (Å²) in [4.78, 5) is 32.4. The summed E-state index contributed by atoms with van der Waals surface area (Å²) in [6.45, 7) is 5.28. The number of likely N-dealkylation sites (tertiary alicyclic amines) is 1. The lowest BCUT2D eigenvalue weighted by Crippen LogP contribution is -2.56. The molecular formula is C29H31N3O2. The molecular weight excluding hydrogens is 422 g/mol. The summed E-state index contributed by atoms with van der Waals surface area (Å²) in [7, 11) is 0. The van der Waals surface area contributed by atoms with Crippen LogP contribution in [0.15, 0.2) is 78.9 Å². The van der Waals surface area contributed by atoms with Gasteiger partial charge in [-0.15, -0.1) is 0 Å². The summed E-state index contributed by atoms with van der Waals surface area (Å²) in [5.41, 5.74) is 1.66. The molecule has 2 aliphatic heterocycles. The van der Waals surface area contributed by atoms with Crippen molar-refractivity contribution in [2.24, 2.45) is 0 Å². The second-order valence-corrected chi connectivity index (χ2v) is 9.20. The Morgan fingerprint density at radius 3 is 2.35 bits per heavy atom. The topological polar surface area (TPSA) is 43.9 Å². The highest BCUT2D eigenvalue weighted by Crippen LogP contribution is 2.37. The van der Waals surface area contributed by atoms with Crippen LogP contribution in [0.1, 0.15) is 30.9 Å². The van der Waals surface area contributed by atoms with Gasteiger partial charge in [0.05, 0.1) is 0 Å². The van der Waals surface area contributed by atoms with Crippen molar-refractivity contribution >= 4 is 28.8 Å². The van der Waals surface area contributed by atoms with Crippen LogP contribution in [-0.4, -0.2) is 58.4 Å². The highest BCUT2D eigenvalue weighted by molar-refractivity contribution is 6.07. The Labute approximate surface area is 201 Å². The first kappa shape index (κ1) is 22.4. The molecule has 0 unspecified atom stereocenters. The summed E-state index contributed by atoms with van der Waals surface area (Å²) in [5.74, 6) is -0.0399. The Bertz CT molecular complexity index is 1210. The minimum atomic E-state index is -0.707. The molecule has 5 rings (SSSR count). The van der Waals surface area contributed by atoms with Crippen LogP contribution in [0.5, 0.6) is 0 Å². The minimum absolute atomic E-state index is 0.0399. The number of rotatable bonds is 6. The number of nitrogens with zero attached hydrogens (tertiary/aromatic N) is 3. The van der Waals surface area contributed by atoms with Gasteiger partial charge in [0.25, 0.3) is 5.91 Å². The van der Waals surface area contributed by atoms with Crippen LogP contribution in [0.25, 0.3) is 16.8 Å². The van der Waals surface area contributed by atoms with Crippen LogP contribution in [0, 0.1) is 0 Å². The van der Waals surface area contributed by atoms with Gasteiger partial charge in [-0.1, -0.05) is 84.9 Å². The number of benzene rings is 3. The SMILES string of the molecule is CCN1C(=O)N(C/C=C/c2ccccc2)C(=O)C12CCN(Cc1cccc3ccccc13)CC2. The van der Waals surface area contributed by atoms with Gasteiger partial charge >= 0.3 is 6.03 Å². The van der Waals surface area contributed by atoms with Crippen molar-refractivity contribution in [2.75, 3.05) is 26.2 Å². The van der Waals surface area contributed by atoms with Crippen molar-refractivity contribution in [2.45, 2.75) is 31.8 Å². The molecule has 0 N–H and O–H groups in total. The Hall–Kier alpha value is -3.44. The van der Waals surface area contributed by atoms with Gasteiger partial charge in [-0.2, -0.15) is 0 Å². The number of hydrogen-bond acceptors (Lipinski definition) is 3. The second kappa shape index (κ2) is 9.43. The number of amides is 3. The molecule has 0 atom stereocenters. The molecule has 2 aliphatic rings. The largest absolute Gasteiger partial charge is 0.327 e. The Morgan fingerprint density at radius 2 is 1.59 bits per heavy atom. The molecule has 0 aromatic heterocycles. The van der Waals surface area contributed by atoms with E-state index >= 15 is 0 Å². The molecule has 2 saturated heterocycles. The first-order valence-corrected chi connectivity index (χ1v) is 12.2. The van der Waals surface area contributed by atoms with Gasteiger partial charge in [-0.25, -0.2) is 4.79 Å². The Kier molecular flexibility index (Phi) is 6.20. The van der Waals surface area contributed by atoms with Gasteiger partial charge in [0.1, 0.15) is 5.54 Å². The molecule has 0 saturated carbocycles. The molecule has 174 valence electrons. The van der Waals surface area contributed by atoms with Gasteiger partial charge < -0.3 is 4.90 Å². The van der Waals surface area contributed by atoms with Crippen LogP contribution >= 0.6 is 0 Å². The fraction of sp³-hybridized carbons (Fsp3) is 0.310. The summed E-state index contributed by atoms with van der Waals surface area (Å²) >= 11 is 0. The van der Waals surface area contributed by atoms with E-state index in [0.29, 0.717) is 25.9 Å². The van der Waals surface area contributed by atoms with E-state index in [9.17, 15) is 9.59 Å². The fourth-order valence-corrected chi connectivity index (χ4v) is 5.48. The normalized spacial score (nSPS) is 18.6. The maximum absolute atomic E-state index is 13.6. The van der Waals surface area contributed by atoms with Crippen molar-refractivity contribution in [1.29, 1.82) is 0 Å². The third kappa shape index (κ3) is 4.01. The van der Waals surface area contributed by atoms with Gasteiger partial charge in [-0.05, 0) is 41.7 Å². The molecule has 3 aromatic carbocycles. The summed E-state index contributed by atoms with van der Waals surface area (Å²) in [6.07, 6.45) is 5.23. The van der Waals surface area contributed by atoms with Gasteiger partial charge in [0.15, 0.2) is 0 Å². The molecule has 34 heavy (non-hydrogen) atoms. The molecule has 0 bridgehead atoms. The summed E-state index contributed by atoms with van der Waals surface area (Å²) in [6, 6.07) is 24.7. The van der Waals surface area contributed by atoms with Crippen LogP contribution < -0.4 is 0 Å². The number of carbonyl (C=O) groups excluding carboxylic acids is 2. The molecule has 0 radical (unpaired) electrons. The summed E-state index contributed by atoms with van der Waals surface area (Å²) in [5, 5.41) is 2.53. The number of hydrogen-bond donors (Lipinski definition) is 0. The van der Waals surface area contributed by atoms with E-state index in [-0.39, 0.29) is 11.9 Å². The quantitative estimate of drug-likeness (QED) is 0.484. The number of piperidine rings is 1. The van der Waals surface area contributed by atoms with E-state index in [0.717, 1.165) is 25.2 Å². The Morgan fingerprint density at radius 1 is 0.882 bits per heavy atom. The number of fused-ring (bicyclic) bond motifs is 1. The van der Waals surface area contributed by atoms with Gasteiger partial charge in [0.2, 0.25) is 0 Å². The lowest BCUT2D eigenvalue weighted by molar-refractivity contribution is -0.135. The predicted octanol–water partition coefficient (Wildman–Crippen LogP) is 5.17. The third-order valence-electron chi connectivity index (χ3n) is 7.29. The molecule has 3 amide bonds. The maximum atomic E-state index is 13.6. The fourth-order valence-electron chi connectivity index (χ4n) is 5.48. The molecule has 0 aliphatic carbocycles. The van der Waals surface area contributed by atoms with E-state index in [1.165, 1.54) is 21.2 Å². The molecule has 3 aromatic rings. The smallest absolute Gasteiger partial charge is 0.310 e. The van der Waals surface area contributed by atoms with Crippen molar-refractivity contribution < 1.29 is 9.59 Å². The maximum Gasteiger partial charge on any atom is 0.327 e. The van der Waals surface area contributed by atoms with Gasteiger partial charge in [-0.3, -0.25) is 14.6 Å². The van der Waals surface area contributed by atoms with Crippen LogP contribution in [0.2, 0.25) is 0 Å². The first-order valence-electron chi connectivity index (χ1n) is 12.2. The van der Waals surface area contributed by atoms with Crippen molar-refractivity contribution in [3.8, 4) is 0 Å². The van der Waals surface area contributed by atoms with E-state index in [1.807, 2.05) is 49.4 Å². The third-order valence-corrected chi connectivity index (χ3v) is 7.29. The molecule has 1 spiro atoms. The average Bonchev–Trinajstić information content (AvgIpc) is 3.07. The van der Waals surface area contributed by atoms with E-state index in [2.05, 4.69) is 47.4 Å². The molecule has 5 nitrogen and oxygen atoms in total. The van der Waals surface area contributed by atoms with E-state index in [4.69, 9.17) is 0 Å². The number of carbonyl (C=O) groups is 2. The highest BCUT2D eigenvalue weighted by Gasteiger charge is 2.56.